The topological polar surface area (TPSA) is 103 Å². The third-order valence-electron chi connectivity index (χ3n) is 0.402. The summed E-state index contributed by atoms with van der Waals surface area (Å²) in [5.74, 6) is -0.796. The number of carbonyl (C=O) groups excluding carboxylic acids is 3. The van der Waals surface area contributed by atoms with Crippen molar-refractivity contribution in [1.82, 2.24) is 0 Å². The molecule has 5 heteroatoms. The first-order valence-electron chi connectivity index (χ1n) is 3.58. The number of hydrogen-bond donors (Lipinski definition) is 2. The van der Waals surface area contributed by atoms with Crippen molar-refractivity contribution in [3.05, 3.63) is 25.3 Å². The molecule has 0 heterocycles. The third kappa shape index (κ3) is 191. The maximum absolute atomic E-state index is 9.47. The Bertz CT molecular complexity index is 200. The summed E-state index contributed by atoms with van der Waals surface area (Å²) in [5.41, 5.74) is 9.07. The molecule has 0 aliphatic rings. The summed E-state index contributed by atoms with van der Waals surface area (Å²) in [4.78, 5) is 28.4. The summed E-state index contributed by atoms with van der Waals surface area (Å²) < 4.78 is 0. The van der Waals surface area contributed by atoms with Crippen LogP contribution in [0.2, 0.25) is 0 Å². The first-order chi connectivity index (χ1) is 6.27. The number of nitrogens with two attached hydrogens (primary N) is 2. The molecule has 0 saturated carbocycles. The molecule has 0 aromatic carbocycles. The van der Waals surface area contributed by atoms with Crippen LogP contribution in [-0.4, -0.2) is 17.6 Å². The van der Waals surface area contributed by atoms with E-state index in [0.29, 0.717) is 0 Å². The highest BCUT2D eigenvalue weighted by Gasteiger charge is 1.70. The van der Waals surface area contributed by atoms with Crippen molar-refractivity contribution in [2.24, 2.45) is 11.5 Å². The second-order valence-electron chi connectivity index (χ2n) is 2.12. The van der Waals surface area contributed by atoms with Gasteiger partial charge in [0.15, 0.2) is 0 Å². The largest absolute Gasteiger partial charge is 0.366 e. The fourth-order valence-electron chi connectivity index (χ4n) is 0. The van der Waals surface area contributed by atoms with Crippen molar-refractivity contribution in [3.63, 3.8) is 0 Å². The molecule has 0 aliphatic heterocycles. The number of ketones is 1. The van der Waals surface area contributed by atoms with Gasteiger partial charge in [0, 0.05) is 0 Å². The molecule has 0 aliphatic carbocycles. The quantitative estimate of drug-likeness (QED) is 0.609. The number of primary amides is 2. The molecule has 80 valence electrons. The van der Waals surface area contributed by atoms with Gasteiger partial charge in [-0.2, -0.15) is 0 Å². The standard InChI is InChI=1S/2C3H5NO.C3H6O/c2*1-2-3(4)5;1-3(2)4/h2*2H,1H2,(H2,4,5);1-2H3. The molecule has 0 radical (unpaired) electrons. The molecule has 0 saturated heterocycles. The lowest BCUT2D eigenvalue weighted by atomic mass is 10.6. The number of rotatable bonds is 2. The van der Waals surface area contributed by atoms with Gasteiger partial charge in [0.25, 0.3) is 0 Å². The second-order valence-corrected chi connectivity index (χ2v) is 2.12. The van der Waals surface area contributed by atoms with Crippen LogP contribution in [0.25, 0.3) is 0 Å². The highest BCUT2D eigenvalue weighted by atomic mass is 16.1. The van der Waals surface area contributed by atoms with Crippen molar-refractivity contribution in [2.75, 3.05) is 0 Å². The summed E-state index contributed by atoms with van der Waals surface area (Å²) >= 11 is 0. The minimum absolute atomic E-state index is 0.167. The molecule has 0 spiro atoms. The first kappa shape index (κ1) is 18.0. The second kappa shape index (κ2) is 13.7. The maximum Gasteiger partial charge on any atom is 0.240 e. The Labute approximate surface area is 83.5 Å². The average Bonchev–Trinajstić information content (AvgIpc) is 2.04. The zero-order valence-electron chi connectivity index (χ0n) is 8.45. The molecule has 4 N–H and O–H groups in total. The van der Waals surface area contributed by atoms with Crippen LogP contribution in [0.3, 0.4) is 0 Å². The van der Waals surface area contributed by atoms with Crippen LogP contribution >= 0.6 is 0 Å². The number of amides is 2. The van der Waals surface area contributed by atoms with Crippen LogP contribution in [0.15, 0.2) is 25.3 Å². The van der Waals surface area contributed by atoms with Crippen molar-refractivity contribution < 1.29 is 14.4 Å². The lowest BCUT2D eigenvalue weighted by Gasteiger charge is -1.65. The summed E-state index contributed by atoms with van der Waals surface area (Å²) in [5, 5.41) is 0. The Balaban J connectivity index is -0.000000131. The number of Topliss-reactive ketones (excluding diaryl/α,β-unsaturated/α-hetero) is 1. The molecule has 0 aromatic heterocycles. The van der Waals surface area contributed by atoms with Crippen LogP contribution in [0.4, 0.5) is 0 Å². The summed E-state index contributed by atoms with van der Waals surface area (Å²) in [7, 11) is 0. The monoisotopic (exact) mass is 200 g/mol. The van der Waals surface area contributed by atoms with Gasteiger partial charge in [-0.05, 0) is 26.0 Å². The molecular formula is C9H16N2O3. The van der Waals surface area contributed by atoms with Crippen molar-refractivity contribution >= 4 is 17.6 Å². The van der Waals surface area contributed by atoms with Crippen LogP contribution in [0, 0.1) is 0 Å². The van der Waals surface area contributed by atoms with E-state index >= 15 is 0 Å². The van der Waals surface area contributed by atoms with Crippen LogP contribution in [-0.2, 0) is 14.4 Å². The van der Waals surface area contributed by atoms with Crippen LogP contribution < -0.4 is 11.5 Å². The van der Waals surface area contributed by atoms with E-state index in [4.69, 9.17) is 0 Å². The molecule has 0 rings (SSSR count). The maximum atomic E-state index is 9.47. The van der Waals surface area contributed by atoms with Gasteiger partial charge >= 0.3 is 0 Å². The Morgan fingerprint density at radius 1 is 0.929 bits per heavy atom. The van der Waals surface area contributed by atoms with Gasteiger partial charge in [0.2, 0.25) is 11.8 Å². The Hall–Kier alpha value is -1.91. The highest BCUT2D eigenvalue weighted by Crippen LogP contribution is 1.50. The molecule has 5 nitrogen and oxygen atoms in total. The minimum Gasteiger partial charge on any atom is -0.366 e. The van der Waals surface area contributed by atoms with Gasteiger partial charge < -0.3 is 16.3 Å². The zero-order chi connectivity index (χ0) is 12.1. The predicted octanol–water partition coefficient (Wildman–Crippen LogP) is -0.0893. The summed E-state index contributed by atoms with van der Waals surface area (Å²) in [6.07, 6.45) is 2.11. The molecule has 0 atom stereocenters. The fourth-order valence-corrected chi connectivity index (χ4v) is 0. The molecule has 0 fully saturated rings. The van der Waals surface area contributed by atoms with E-state index in [-0.39, 0.29) is 5.78 Å². The van der Waals surface area contributed by atoms with E-state index in [0.717, 1.165) is 12.2 Å². The summed E-state index contributed by atoms with van der Waals surface area (Å²) in [6.45, 7) is 9.23. The molecule has 0 aromatic rings. The van der Waals surface area contributed by atoms with E-state index in [1.807, 2.05) is 0 Å². The molecule has 14 heavy (non-hydrogen) atoms. The Kier molecular flexibility index (Phi) is 17.6. The Morgan fingerprint density at radius 2 is 1.00 bits per heavy atom. The van der Waals surface area contributed by atoms with E-state index in [1.54, 1.807) is 0 Å². The normalized spacial score (nSPS) is 6.43. The van der Waals surface area contributed by atoms with E-state index in [2.05, 4.69) is 24.6 Å². The third-order valence-corrected chi connectivity index (χ3v) is 0.402. The van der Waals surface area contributed by atoms with Crippen LogP contribution in [0.5, 0.6) is 0 Å². The van der Waals surface area contributed by atoms with E-state index in [9.17, 15) is 14.4 Å². The Morgan fingerprint density at radius 3 is 1.00 bits per heavy atom. The van der Waals surface area contributed by atoms with Gasteiger partial charge in [-0.25, -0.2) is 0 Å². The predicted molar refractivity (Wildman–Crippen MR) is 55.1 cm³/mol. The van der Waals surface area contributed by atoms with Gasteiger partial charge in [0.05, 0.1) is 0 Å². The average molecular weight is 200 g/mol. The zero-order valence-corrected chi connectivity index (χ0v) is 8.45. The molecule has 0 bridgehead atoms. The molecule has 2 amide bonds. The molecule has 0 unspecified atom stereocenters. The molecular weight excluding hydrogens is 184 g/mol. The lowest BCUT2D eigenvalue weighted by molar-refractivity contribution is -0.115. The first-order valence-corrected chi connectivity index (χ1v) is 3.58. The van der Waals surface area contributed by atoms with Gasteiger partial charge in [-0.15, -0.1) is 0 Å². The van der Waals surface area contributed by atoms with Crippen LogP contribution in [0.1, 0.15) is 13.8 Å². The minimum atomic E-state index is -0.481. The van der Waals surface area contributed by atoms with Crippen molar-refractivity contribution in [1.29, 1.82) is 0 Å². The highest BCUT2D eigenvalue weighted by molar-refractivity contribution is 5.85. The lowest BCUT2D eigenvalue weighted by Crippen LogP contribution is -2.04. The smallest absolute Gasteiger partial charge is 0.240 e. The van der Waals surface area contributed by atoms with E-state index in [1.165, 1.54) is 13.8 Å². The van der Waals surface area contributed by atoms with Crippen molar-refractivity contribution in [2.45, 2.75) is 13.8 Å². The number of carbonyl (C=O) groups is 3. The fraction of sp³-hybridized carbons (Fsp3) is 0.222. The number of hydrogen-bond acceptors (Lipinski definition) is 3. The van der Waals surface area contributed by atoms with Gasteiger partial charge in [0.1, 0.15) is 5.78 Å². The van der Waals surface area contributed by atoms with Gasteiger partial charge in [-0.3, -0.25) is 9.59 Å². The SMILES string of the molecule is C=CC(N)=O.C=CC(N)=O.CC(C)=O. The summed E-state index contributed by atoms with van der Waals surface area (Å²) in [6, 6.07) is 0. The van der Waals surface area contributed by atoms with E-state index < -0.39 is 11.8 Å². The van der Waals surface area contributed by atoms with Gasteiger partial charge in [-0.1, -0.05) is 13.2 Å². The van der Waals surface area contributed by atoms with Crippen molar-refractivity contribution in [3.8, 4) is 0 Å².